The lowest BCUT2D eigenvalue weighted by Gasteiger charge is -2.09. The zero-order valence-corrected chi connectivity index (χ0v) is 16.3. The summed E-state index contributed by atoms with van der Waals surface area (Å²) in [7, 11) is 2.00. The van der Waals surface area contributed by atoms with E-state index < -0.39 is 0 Å². The van der Waals surface area contributed by atoms with Crippen LogP contribution in [0.3, 0.4) is 0 Å². The number of hydrogen-bond acceptors (Lipinski definition) is 2. The summed E-state index contributed by atoms with van der Waals surface area (Å²) in [6.45, 7) is 2.10. The first kappa shape index (κ1) is 17.8. The Morgan fingerprint density at radius 3 is 2.72 bits per heavy atom. The van der Waals surface area contributed by atoms with E-state index in [1.165, 1.54) is 24.6 Å². The normalized spacial score (nSPS) is 11.0. The Balaban J connectivity index is 2.03. The average molecular weight is 451 g/mol. The summed E-state index contributed by atoms with van der Waals surface area (Å²) in [5, 5.41) is 3.97. The van der Waals surface area contributed by atoms with Gasteiger partial charge >= 0.3 is 0 Å². The highest BCUT2D eigenvalue weighted by Gasteiger charge is 2.17. The van der Waals surface area contributed by atoms with Crippen molar-refractivity contribution < 1.29 is 9.18 Å². The number of pyridine rings is 1. The Morgan fingerprint density at radius 2 is 2.04 bits per heavy atom. The maximum Gasteiger partial charge on any atom is 0.216 e. The van der Waals surface area contributed by atoms with E-state index in [9.17, 15) is 9.18 Å². The van der Waals surface area contributed by atoms with Gasteiger partial charge in [0.1, 0.15) is 11.5 Å². The van der Waals surface area contributed by atoms with Crippen LogP contribution in [0.4, 0.5) is 4.39 Å². The van der Waals surface area contributed by atoms with Crippen molar-refractivity contribution in [3.05, 3.63) is 62.7 Å². The second-order valence-corrected chi connectivity index (χ2v) is 7.29. The Bertz CT molecular complexity index is 919. The molecule has 0 fully saturated rings. The van der Waals surface area contributed by atoms with E-state index in [2.05, 4.69) is 43.5 Å². The third-order valence-electron chi connectivity index (χ3n) is 4.26. The summed E-state index contributed by atoms with van der Waals surface area (Å²) < 4.78 is 16.4. The van der Waals surface area contributed by atoms with E-state index >= 15 is 0 Å². The highest BCUT2D eigenvalue weighted by molar-refractivity contribution is 14.1. The monoisotopic (exact) mass is 451 g/mol. The number of nitrogens with zero attached hydrogens (tertiary/aromatic N) is 2. The van der Waals surface area contributed by atoms with Crippen molar-refractivity contribution in [2.24, 2.45) is 7.05 Å². The van der Waals surface area contributed by atoms with Crippen molar-refractivity contribution in [1.29, 1.82) is 0 Å². The van der Waals surface area contributed by atoms with Gasteiger partial charge in [-0.2, -0.15) is 0 Å². The predicted molar refractivity (Wildman–Crippen MR) is 105 cm³/mol. The van der Waals surface area contributed by atoms with E-state index in [0.717, 1.165) is 32.3 Å². The van der Waals surface area contributed by atoms with E-state index in [1.54, 1.807) is 0 Å². The number of carbonyl (C=O) groups excluding carboxylic acids is 1. The number of carbonyl (C=O) groups is 1. The van der Waals surface area contributed by atoms with Crippen LogP contribution in [0.15, 0.2) is 36.5 Å². The van der Waals surface area contributed by atoms with Gasteiger partial charge in [-0.25, -0.2) is 9.37 Å². The van der Waals surface area contributed by atoms with E-state index in [1.807, 2.05) is 25.4 Å². The Morgan fingerprint density at radius 1 is 1.32 bits per heavy atom. The summed E-state index contributed by atoms with van der Waals surface area (Å²) in [6.07, 6.45) is 3.27. The van der Waals surface area contributed by atoms with Gasteiger partial charge in [0.25, 0.3) is 0 Å². The molecule has 2 aromatic heterocycles. The van der Waals surface area contributed by atoms with Crippen molar-refractivity contribution in [1.82, 2.24) is 14.9 Å². The molecule has 0 unspecified atom stereocenters. The van der Waals surface area contributed by atoms with Gasteiger partial charge < -0.3 is 9.88 Å². The molecule has 2 heterocycles. The number of rotatable bonds is 5. The molecule has 0 spiro atoms. The molecule has 25 heavy (non-hydrogen) atoms. The molecule has 6 heteroatoms. The van der Waals surface area contributed by atoms with Crippen LogP contribution in [0.5, 0.6) is 0 Å². The number of halogens is 2. The van der Waals surface area contributed by atoms with Gasteiger partial charge in [0.2, 0.25) is 5.91 Å². The van der Waals surface area contributed by atoms with Crippen molar-refractivity contribution in [2.75, 3.05) is 6.54 Å². The van der Waals surface area contributed by atoms with Gasteiger partial charge in [-0.1, -0.05) is 12.1 Å². The number of nitrogens with one attached hydrogen (secondary N) is 1. The van der Waals surface area contributed by atoms with Gasteiger partial charge in [0.15, 0.2) is 0 Å². The molecule has 0 bridgehead atoms. The lowest BCUT2D eigenvalue weighted by atomic mass is 10.0. The van der Waals surface area contributed by atoms with Crippen LogP contribution in [0.1, 0.15) is 23.7 Å². The summed E-state index contributed by atoms with van der Waals surface area (Å²) in [5.41, 5.74) is 4.29. The molecule has 130 valence electrons. The standard InChI is InChI=1S/C19H19FIN3O/c1-12(25)22-8-7-16-17-10-15(21)11-23-19(17)24(2)18(16)9-13-3-5-14(20)6-4-13/h3-6,10-11H,7-9H2,1-2H3,(H,22,25). The molecule has 3 rings (SSSR count). The molecular formula is C19H19FIN3O. The molecule has 0 atom stereocenters. The molecule has 4 nitrogen and oxygen atoms in total. The summed E-state index contributed by atoms with van der Waals surface area (Å²) in [6, 6.07) is 8.70. The van der Waals surface area contributed by atoms with Crippen molar-refractivity contribution in [2.45, 2.75) is 19.8 Å². The maximum atomic E-state index is 13.2. The van der Waals surface area contributed by atoms with E-state index in [-0.39, 0.29) is 11.7 Å². The first-order chi connectivity index (χ1) is 12.0. The highest BCUT2D eigenvalue weighted by atomic mass is 127. The van der Waals surface area contributed by atoms with Gasteiger partial charge in [-0.3, -0.25) is 4.79 Å². The number of amides is 1. The smallest absolute Gasteiger partial charge is 0.216 e. The van der Waals surface area contributed by atoms with Crippen LogP contribution in [-0.4, -0.2) is 22.0 Å². The second kappa shape index (κ2) is 7.51. The quantitative estimate of drug-likeness (QED) is 0.603. The van der Waals surface area contributed by atoms with Gasteiger partial charge in [0.05, 0.1) is 0 Å². The molecule has 0 saturated heterocycles. The average Bonchev–Trinajstić information content (AvgIpc) is 2.81. The number of fused-ring (bicyclic) bond motifs is 1. The summed E-state index contributed by atoms with van der Waals surface area (Å²) >= 11 is 2.26. The van der Waals surface area contributed by atoms with Gasteiger partial charge in [0, 0.05) is 47.8 Å². The molecule has 1 amide bonds. The number of benzene rings is 1. The van der Waals surface area contributed by atoms with Crippen LogP contribution in [0.2, 0.25) is 0 Å². The van der Waals surface area contributed by atoms with Crippen LogP contribution in [0, 0.1) is 9.39 Å². The molecule has 1 aromatic carbocycles. The van der Waals surface area contributed by atoms with Crippen LogP contribution >= 0.6 is 22.6 Å². The third kappa shape index (κ3) is 4.00. The van der Waals surface area contributed by atoms with Gasteiger partial charge in [-0.15, -0.1) is 0 Å². The minimum absolute atomic E-state index is 0.0342. The zero-order chi connectivity index (χ0) is 18.0. The predicted octanol–water partition coefficient (Wildman–Crippen LogP) is 3.59. The van der Waals surface area contributed by atoms with Crippen LogP contribution < -0.4 is 5.32 Å². The molecule has 0 radical (unpaired) electrons. The van der Waals surface area contributed by atoms with Gasteiger partial charge in [-0.05, 0) is 58.3 Å². The SMILES string of the molecule is CC(=O)NCCc1c(Cc2ccc(F)cc2)n(C)c2ncc(I)cc12. The molecule has 0 aliphatic carbocycles. The van der Waals surface area contributed by atoms with Crippen molar-refractivity contribution in [3.8, 4) is 0 Å². The van der Waals surface area contributed by atoms with E-state index in [0.29, 0.717) is 13.0 Å². The second-order valence-electron chi connectivity index (χ2n) is 6.05. The molecular weight excluding hydrogens is 432 g/mol. The number of aryl methyl sites for hydroxylation is 1. The molecule has 1 N–H and O–H groups in total. The largest absolute Gasteiger partial charge is 0.356 e. The lowest BCUT2D eigenvalue weighted by Crippen LogP contribution is -2.22. The Kier molecular flexibility index (Phi) is 5.36. The zero-order valence-electron chi connectivity index (χ0n) is 14.1. The molecule has 3 aromatic rings. The first-order valence-electron chi connectivity index (χ1n) is 8.06. The summed E-state index contributed by atoms with van der Waals surface area (Å²) in [5.74, 6) is -0.268. The Hall–Kier alpha value is -1.96. The fraction of sp³-hybridized carbons (Fsp3) is 0.263. The minimum Gasteiger partial charge on any atom is -0.356 e. The maximum absolute atomic E-state index is 13.2. The van der Waals surface area contributed by atoms with Crippen LogP contribution in [-0.2, 0) is 24.7 Å². The molecule has 0 aliphatic heterocycles. The van der Waals surface area contributed by atoms with Crippen molar-refractivity contribution in [3.63, 3.8) is 0 Å². The fourth-order valence-corrected chi connectivity index (χ4v) is 3.52. The van der Waals surface area contributed by atoms with E-state index in [4.69, 9.17) is 0 Å². The number of aromatic nitrogens is 2. The van der Waals surface area contributed by atoms with Crippen LogP contribution in [0.25, 0.3) is 11.0 Å². The highest BCUT2D eigenvalue weighted by Crippen LogP contribution is 2.27. The fourth-order valence-electron chi connectivity index (χ4n) is 3.07. The number of hydrogen-bond donors (Lipinski definition) is 1. The lowest BCUT2D eigenvalue weighted by molar-refractivity contribution is -0.118. The Labute approximate surface area is 159 Å². The van der Waals surface area contributed by atoms with Crippen molar-refractivity contribution >= 4 is 39.5 Å². The minimum atomic E-state index is -0.233. The topological polar surface area (TPSA) is 46.9 Å². The third-order valence-corrected chi connectivity index (χ3v) is 4.85. The molecule has 0 aliphatic rings. The first-order valence-corrected chi connectivity index (χ1v) is 9.14. The molecule has 0 saturated carbocycles. The summed E-state index contributed by atoms with van der Waals surface area (Å²) in [4.78, 5) is 15.8.